The number of likely N-dealkylation sites (tertiary alicyclic amines) is 1. The van der Waals surface area contributed by atoms with Crippen molar-refractivity contribution in [2.24, 2.45) is 11.8 Å². The molecule has 0 radical (unpaired) electrons. The van der Waals surface area contributed by atoms with E-state index in [0.29, 0.717) is 19.1 Å². The summed E-state index contributed by atoms with van der Waals surface area (Å²) in [6.07, 6.45) is 2.60. The summed E-state index contributed by atoms with van der Waals surface area (Å²) in [6.45, 7) is 10.6. The zero-order valence-corrected chi connectivity index (χ0v) is 17.2. The van der Waals surface area contributed by atoms with Gasteiger partial charge in [-0.2, -0.15) is 0 Å². The van der Waals surface area contributed by atoms with Gasteiger partial charge in [-0.15, -0.1) is 0 Å². The Balaban J connectivity index is 1.76. The van der Waals surface area contributed by atoms with Crippen LogP contribution < -0.4 is 5.32 Å². The van der Waals surface area contributed by atoms with Crippen LogP contribution in [0.1, 0.15) is 57.7 Å². The zero-order valence-electron chi connectivity index (χ0n) is 17.2. The van der Waals surface area contributed by atoms with Crippen molar-refractivity contribution < 1.29 is 14.3 Å². The first-order chi connectivity index (χ1) is 12.9. The van der Waals surface area contributed by atoms with Crippen LogP contribution in [0.25, 0.3) is 0 Å². The van der Waals surface area contributed by atoms with Gasteiger partial charge in [0, 0.05) is 0 Å². The lowest BCUT2D eigenvalue weighted by molar-refractivity contribution is -0.149. The molecule has 1 aliphatic rings. The van der Waals surface area contributed by atoms with E-state index in [9.17, 15) is 9.59 Å². The minimum Gasteiger partial charge on any atom is -0.466 e. The van der Waals surface area contributed by atoms with Crippen molar-refractivity contribution in [1.29, 1.82) is 0 Å². The van der Waals surface area contributed by atoms with Crippen molar-refractivity contribution in [2.45, 2.75) is 53.0 Å². The van der Waals surface area contributed by atoms with Crippen molar-refractivity contribution in [3.8, 4) is 0 Å². The van der Waals surface area contributed by atoms with Crippen LogP contribution in [-0.2, 0) is 20.7 Å². The van der Waals surface area contributed by atoms with Crippen molar-refractivity contribution in [3.63, 3.8) is 0 Å². The second-order valence-corrected chi connectivity index (χ2v) is 7.93. The number of nitrogens with one attached hydrogen (secondary N) is 1. The third kappa shape index (κ3) is 6.98. The van der Waals surface area contributed by atoms with Gasteiger partial charge < -0.3 is 10.1 Å². The second kappa shape index (κ2) is 10.5. The molecule has 1 aliphatic heterocycles. The summed E-state index contributed by atoms with van der Waals surface area (Å²) in [7, 11) is 0. The molecule has 1 aromatic carbocycles. The van der Waals surface area contributed by atoms with E-state index in [0.717, 1.165) is 37.9 Å². The summed E-state index contributed by atoms with van der Waals surface area (Å²) in [6, 6.07) is 8.50. The average Bonchev–Trinajstić information content (AvgIpc) is 2.62. The van der Waals surface area contributed by atoms with Gasteiger partial charge in [0.05, 0.1) is 25.1 Å². The number of ether oxygens (including phenoxy) is 1. The molecule has 150 valence electrons. The summed E-state index contributed by atoms with van der Waals surface area (Å²) >= 11 is 0. The van der Waals surface area contributed by atoms with Crippen molar-refractivity contribution in [2.75, 3.05) is 26.2 Å². The molecule has 1 atom stereocenters. The van der Waals surface area contributed by atoms with Crippen LogP contribution >= 0.6 is 0 Å². The summed E-state index contributed by atoms with van der Waals surface area (Å²) in [4.78, 5) is 26.3. The minimum atomic E-state index is -0.101. The molecule has 1 saturated heterocycles. The van der Waals surface area contributed by atoms with Gasteiger partial charge in [0.1, 0.15) is 0 Å². The molecule has 1 heterocycles. The summed E-state index contributed by atoms with van der Waals surface area (Å²) in [5.41, 5.74) is 2.45. The molecule has 0 spiro atoms. The highest BCUT2D eigenvalue weighted by Crippen LogP contribution is 2.19. The Morgan fingerprint density at radius 2 is 1.78 bits per heavy atom. The molecule has 1 fully saturated rings. The Kier molecular flexibility index (Phi) is 8.29. The molecule has 0 aromatic heterocycles. The van der Waals surface area contributed by atoms with E-state index >= 15 is 0 Å². The largest absolute Gasteiger partial charge is 0.466 e. The first-order valence-corrected chi connectivity index (χ1v) is 10.2. The maximum Gasteiger partial charge on any atom is 0.309 e. The predicted molar refractivity (Wildman–Crippen MR) is 107 cm³/mol. The highest BCUT2D eigenvalue weighted by Gasteiger charge is 2.27. The molecule has 5 nitrogen and oxygen atoms in total. The SMILES string of the molecule is CCOC(=O)C1CCN(CC(=O)NC(C)c2ccc(CC(C)C)cc2)CC1. The number of hydrogen-bond donors (Lipinski definition) is 1. The second-order valence-electron chi connectivity index (χ2n) is 7.93. The highest BCUT2D eigenvalue weighted by atomic mass is 16.5. The van der Waals surface area contributed by atoms with Gasteiger partial charge in [0.2, 0.25) is 5.91 Å². The third-order valence-corrected chi connectivity index (χ3v) is 5.08. The first kappa shape index (κ1) is 21.4. The third-order valence-electron chi connectivity index (χ3n) is 5.08. The molecule has 1 N–H and O–H groups in total. The Morgan fingerprint density at radius 3 is 2.33 bits per heavy atom. The van der Waals surface area contributed by atoms with Crippen LogP contribution in [0.2, 0.25) is 0 Å². The van der Waals surface area contributed by atoms with Crippen LogP contribution in [0.4, 0.5) is 0 Å². The monoisotopic (exact) mass is 374 g/mol. The van der Waals surface area contributed by atoms with Gasteiger partial charge in [0.25, 0.3) is 0 Å². The molecule has 2 rings (SSSR count). The van der Waals surface area contributed by atoms with Gasteiger partial charge in [0.15, 0.2) is 0 Å². The standard InChI is InChI=1S/C22H34N2O3/c1-5-27-22(26)20-10-12-24(13-11-20)15-21(25)23-17(4)19-8-6-18(7-9-19)14-16(2)3/h6-9,16-17,20H,5,10-15H2,1-4H3,(H,23,25). The fraction of sp³-hybridized carbons (Fsp3) is 0.636. The van der Waals surface area contributed by atoms with Crippen LogP contribution in [0.15, 0.2) is 24.3 Å². The van der Waals surface area contributed by atoms with Gasteiger partial charge in [-0.1, -0.05) is 38.1 Å². The van der Waals surface area contributed by atoms with Crippen LogP contribution in [0.3, 0.4) is 0 Å². The molecule has 1 aromatic rings. The number of amides is 1. The fourth-order valence-electron chi connectivity index (χ4n) is 3.57. The number of benzene rings is 1. The smallest absolute Gasteiger partial charge is 0.309 e. The molecule has 0 aliphatic carbocycles. The number of nitrogens with zero attached hydrogens (tertiary/aromatic N) is 1. The number of hydrogen-bond acceptors (Lipinski definition) is 4. The van der Waals surface area contributed by atoms with E-state index in [1.807, 2.05) is 13.8 Å². The van der Waals surface area contributed by atoms with E-state index in [2.05, 4.69) is 48.3 Å². The number of carbonyl (C=O) groups is 2. The van der Waals surface area contributed by atoms with Crippen molar-refractivity contribution >= 4 is 11.9 Å². The molecular weight excluding hydrogens is 340 g/mol. The quantitative estimate of drug-likeness (QED) is 0.709. The Morgan fingerprint density at radius 1 is 1.15 bits per heavy atom. The maximum atomic E-state index is 12.4. The molecule has 1 amide bonds. The molecular formula is C22H34N2O3. The lowest BCUT2D eigenvalue weighted by atomic mass is 9.97. The summed E-state index contributed by atoms with van der Waals surface area (Å²) in [5, 5.41) is 3.09. The van der Waals surface area contributed by atoms with Gasteiger partial charge >= 0.3 is 5.97 Å². The molecule has 0 saturated carbocycles. The summed E-state index contributed by atoms with van der Waals surface area (Å²) in [5.74, 6) is 0.549. The average molecular weight is 375 g/mol. The number of carbonyl (C=O) groups excluding carboxylic acids is 2. The van der Waals surface area contributed by atoms with E-state index in [4.69, 9.17) is 4.74 Å². The Bertz CT molecular complexity index is 604. The lowest BCUT2D eigenvalue weighted by Crippen LogP contribution is -2.43. The Hall–Kier alpha value is -1.88. The fourth-order valence-corrected chi connectivity index (χ4v) is 3.57. The molecule has 1 unspecified atom stereocenters. The molecule has 27 heavy (non-hydrogen) atoms. The topological polar surface area (TPSA) is 58.6 Å². The molecule has 5 heteroatoms. The highest BCUT2D eigenvalue weighted by molar-refractivity contribution is 5.78. The van der Waals surface area contributed by atoms with Crippen molar-refractivity contribution in [1.82, 2.24) is 10.2 Å². The van der Waals surface area contributed by atoms with Gasteiger partial charge in [-0.3, -0.25) is 14.5 Å². The lowest BCUT2D eigenvalue weighted by Gasteiger charge is -2.30. The minimum absolute atomic E-state index is 0.0114. The number of esters is 1. The number of rotatable bonds is 8. The van der Waals surface area contributed by atoms with Crippen LogP contribution in [0.5, 0.6) is 0 Å². The predicted octanol–water partition coefficient (Wildman–Crippen LogP) is 3.34. The van der Waals surface area contributed by atoms with E-state index in [-0.39, 0.29) is 23.8 Å². The van der Waals surface area contributed by atoms with Crippen LogP contribution in [-0.4, -0.2) is 43.0 Å². The van der Waals surface area contributed by atoms with E-state index < -0.39 is 0 Å². The van der Waals surface area contributed by atoms with Gasteiger partial charge in [-0.05, 0) is 63.2 Å². The summed E-state index contributed by atoms with van der Waals surface area (Å²) < 4.78 is 5.09. The van der Waals surface area contributed by atoms with Crippen LogP contribution in [0, 0.1) is 11.8 Å². The Labute approximate surface area is 163 Å². The van der Waals surface area contributed by atoms with E-state index in [1.165, 1.54) is 5.56 Å². The zero-order chi connectivity index (χ0) is 19.8. The normalized spacial score (nSPS) is 16.9. The maximum absolute atomic E-state index is 12.4. The molecule has 0 bridgehead atoms. The van der Waals surface area contributed by atoms with E-state index in [1.54, 1.807) is 0 Å². The van der Waals surface area contributed by atoms with Gasteiger partial charge in [-0.25, -0.2) is 0 Å². The van der Waals surface area contributed by atoms with Crippen molar-refractivity contribution in [3.05, 3.63) is 35.4 Å². The number of piperidine rings is 1. The first-order valence-electron chi connectivity index (χ1n) is 10.2.